The van der Waals surface area contributed by atoms with Crippen molar-refractivity contribution in [2.75, 3.05) is 4.90 Å². The Morgan fingerprint density at radius 1 is 0.481 bits per heavy atom. The van der Waals surface area contributed by atoms with Crippen molar-refractivity contribution in [1.29, 1.82) is 0 Å². The Kier molecular flexibility index (Phi) is 6.39. The lowest BCUT2D eigenvalue weighted by Gasteiger charge is -2.26. The van der Waals surface area contributed by atoms with E-state index < -0.39 is 0 Å². The van der Waals surface area contributed by atoms with Crippen molar-refractivity contribution in [3.63, 3.8) is 0 Å². The Hall–Kier alpha value is -6.69. The second-order valence-electron chi connectivity index (χ2n) is 13.1. The molecule has 0 amide bonds. The molecule has 0 radical (unpaired) electrons. The van der Waals surface area contributed by atoms with Crippen molar-refractivity contribution in [3.05, 3.63) is 170 Å². The van der Waals surface area contributed by atoms with Crippen molar-refractivity contribution in [2.45, 2.75) is 0 Å². The molecule has 0 N–H and O–H groups in total. The van der Waals surface area contributed by atoms with Gasteiger partial charge in [-0.2, -0.15) is 0 Å². The highest BCUT2D eigenvalue weighted by molar-refractivity contribution is 7.22. The molecule has 52 heavy (non-hydrogen) atoms. The lowest BCUT2D eigenvalue weighted by atomic mass is 9.98. The van der Waals surface area contributed by atoms with Crippen molar-refractivity contribution in [1.82, 2.24) is 4.98 Å². The third kappa shape index (κ3) is 4.50. The van der Waals surface area contributed by atoms with Crippen molar-refractivity contribution in [2.24, 2.45) is 0 Å². The normalized spacial score (nSPS) is 11.8. The van der Waals surface area contributed by atoms with Crippen LogP contribution in [0.5, 0.6) is 0 Å². The fourth-order valence-electron chi connectivity index (χ4n) is 7.68. The molecule has 0 saturated carbocycles. The molecule has 4 nitrogen and oxygen atoms in total. The van der Waals surface area contributed by atoms with E-state index in [1.54, 1.807) is 11.3 Å². The van der Waals surface area contributed by atoms with E-state index in [1.165, 1.54) is 21.9 Å². The molecule has 0 aliphatic heterocycles. The van der Waals surface area contributed by atoms with Crippen LogP contribution in [0, 0.1) is 0 Å². The second kappa shape index (κ2) is 11.4. The number of thiazole rings is 1. The zero-order chi connectivity index (χ0) is 34.2. The second-order valence-corrected chi connectivity index (χ2v) is 14.1. The van der Waals surface area contributed by atoms with Crippen molar-refractivity contribution < 1.29 is 8.83 Å². The minimum absolute atomic E-state index is 0.842. The molecular weight excluding hydrogens is 657 g/mol. The Bertz CT molecular complexity index is 3130. The number of benzene rings is 8. The van der Waals surface area contributed by atoms with E-state index in [9.17, 15) is 0 Å². The molecule has 0 aliphatic carbocycles. The van der Waals surface area contributed by atoms with Gasteiger partial charge in [0, 0.05) is 38.5 Å². The van der Waals surface area contributed by atoms with Crippen LogP contribution in [0.3, 0.4) is 0 Å². The molecule has 11 rings (SSSR count). The van der Waals surface area contributed by atoms with Crippen LogP contribution in [-0.2, 0) is 0 Å². The Labute approximate surface area is 302 Å². The highest BCUT2D eigenvalue weighted by atomic mass is 32.1. The van der Waals surface area contributed by atoms with Gasteiger partial charge in [0.25, 0.3) is 0 Å². The number of anilines is 3. The van der Waals surface area contributed by atoms with Gasteiger partial charge in [-0.1, -0.05) is 115 Å². The summed E-state index contributed by atoms with van der Waals surface area (Å²) >= 11 is 1.71. The molecule has 3 aromatic heterocycles. The van der Waals surface area contributed by atoms with E-state index in [2.05, 4.69) is 150 Å². The predicted molar refractivity (Wildman–Crippen MR) is 217 cm³/mol. The van der Waals surface area contributed by atoms with Crippen LogP contribution in [0.2, 0.25) is 0 Å². The van der Waals surface area contributed by atoms with Gasteiger partial charge in [0.2, 0.25) is 0 Å². The molecule has 5 heteroatoms. The topological polar surface area (TPSA) is 42.4 Å². The van der Waals surface area contributed by atoms with Crippen LogP contribution >= 0.6 is 11.3 Å². The first-order valence-corrected chi connectivity index (χ1v) is 18.2. The van der Waals surface area contributed by atoms with E-state index in [0.29, 0.717) is 0 Å². The summed E-state index contributed by atoms with van der Waals surface area (Å²) in [5.74, 6) is 0. The number of aromatic nitrogens is 1. The number of para-hydroxylation sites is 2. The van der Waals surface area contributed by atoms with Gasteiger partial charge in [0.05, 0.1) is 15.9 Å². The molecule has 0 bridgehead atoms. The van der Waals surface area contributed by atoms with Crippen LogP contribution in [0.15, 0.2) is 179 Å². The van der Waals surface area contributed by atoms with E-state index in [0.717, 1.165) is 81.7 Å². The SMILES string of the molecule is c1ccc(-c2nc3ccc4oc5ccc(N(c6ccc(-c7cccc8ccccc78)cc6)c6cccc7c6oc6ccccc67)cc5c4c3s2)cc1. The molecule has 0 fully saturated rings. The summed E-state index contributed by atoms with van der Waals surface area (Å²) in [5.41, 5.74) is 10.9. The maximum atomic E-state index is 6.63. The minimum atomic E-state index is 0.842. The van der Waals surface area contributed by atoms with E-state index in [1.807, 2.05) is 24.3 Å². The number of rotatable bonds is 5. The zero-order valence-corrected chi connectivity index (χ0v) is 28.6. The number of furan rings is 2. The van der Waals surface area contributed by atoms with Gasteiger partial charge >= 0.3 is 0 Å². The van der Waals surface area contributed by atoms with Crippen LogP contribution in [0.4, 0.5) is 17.1 Å². The first-order valence-electron chi connectivity index (χ1n) is 17.4. The minimum Gasteiger partial charge on any atom is -0.456 e. The Morgan fingerprint density at radius 2 is 1.19 bits per heavy atom. The molecule has 244 valence electrons. The fourth-order valence-corrected chi connectivity index (χ4v) is 8.80. The van der Waals surface area contributed by atoms with Crippen molar-refractivity contribution >= 4 is 93.3 Å². The quantitative estimate of drug-likeness (QED) is 0.181. The molecule has 11 aromatic rings. The van der Waals surface area contributed by atoms with Gasteiger partial charge in [-0.3, -0.25) is 0 Å². The summed E-state index contributed by atoms with van der Waals surface area (Å²) in [6.07, 6.45) is 0. The summed E-state index contributed by atoms with van der Waals surface area (Å²) in [4.78, 5) is 7.34. The summed E-state index contributed by atoms with van der Waals surface area (Å²) < 4.78 is 14.2. The van der Waals surface area contributed by atoms with Crippen molar-refractivity contribution in [3.8, 4) is 21.7 Å². The molecule has 3 heterocycles. The number of hydrogen-bond donors (Lipinski definition) is 0. The smallest absolute Gasteiger partial charge is 0.159 e. The molecule has 0 saturated heterocycles. The summed E-state index contributed by atoms with van der Waals surface area (Å²) in [6, 6.07) is 59.6. The first kappa shape index (κ1) is 29.1. The lowest BCUT2D eigenvalue weighted by molar-refractivity contribution is 0.669. The molecule has 0 unspecified atom stereocenters. The number of hydrogen-bond acceptors (Lipinski definition) is 5. The molecule has 0 atom stereocenters. The number of nitrogens with zero attached hydrogens (tertiary/aromatic N) is 2. The van der Waals surface area contributed by atoms with Gasteiger partial charge in [-0.15, -0.1) is 11.3 Å². The van der Waals surface area contributed by atoms with Gasteiger partial charge < -0.3 is 13.7 Å². The Balaban J connectivity index is 1.13. The number of fused-ring (bicyclic) bond motifs is 9. The van der Waals surface area contributed by atoms with Gasteiger partial charge in [0.1, 0.15) is 21.8 Å². The summed E-state index contributed by atoms with van der Waals surface area (Å²) in [6.45, 7) is 0. The van der Waals surface area contributed by atoms with Crippen LogP contribution in [0.25, 0.3) is 86.6 Å². The largest absolute Gasteiger partial charge is 0.456 e. The van der Waals surface area contributed by atoms with Gasteiger partial charge in [-0.05, 0) is 76.5 Å². The third-order valence-electron chi connectivity index (χ3n) is 10.1. The van der Waals surface area contributed by atoms with Crippen LogP contribution in [-0.4, -0.2) is 4.98 Å². The highest BCUT2D eigenvalue weighted by Crippen LogP contribution is 2.46. The fraction of sp³-hybridized carbons (Fsp3) is 0. The maximum Gasteiger partial charge on any atom is 0.159 e. The third-order valence-corrected chi connectivity index (χ3v) is 11.2. The predicted octanol–water partition coefficient (Wildman–Crippen LogP) is 14.1. The average Bonchev–Trinajstić information content (AvgIpc) is 3.92. The Morgan fingerprint density at radius 3 is 2.10 bits per heavy atom. The van der Waals surface area contributed by atoms with Gasteiger partial charge in [-0.25, -0.2) is 4.98 Å². The molecule has 0 spiro atoms. The summed E-state index contributed by atoms with van der Waals surface area (Å²) in [5, 5.41) is 7.79. The molecular formula is C47H28N2O2S. The summed E-state index contributed by atoms with van der Waals surface area (Å²) in [7, 11) is 0. The zero-order valence-electron chi connectivity index (χ0n) is 27.8. The van der Waals surface area contributed by atoms with E-state index >= 15 is 0 Å². The standard InChI is InChI=1S/C47H28N2O2S/c1-2-11-31(12-3-1)47-48-39-25-27-43-44(46(39)52-47)38-28-33(24-26-42(38)50-43)49(40-18-9-17-37-36-15-6-7-19-41(36)51-45(37)40)32-22-20-30(21-23-32)35-16-8-13-29-10-4-5-14-34(29)35/h1-28H. The monoisotopic (exact) mass is 684 g/mol. The van der Waals surface area contributed by atoms with E-state index in [4.69, 9.17) is 13.8 Å². The van der Waals surface area contributed by atoms with E-state index in [-0.39, 0.29) is 0 Å². The van der Waals surface area contributed by atoms with Crippen LogP contribution < -0.4 is 4.90 Å². The first-order chi connectivity index (χ1) is 25.8. The van der Waals surface area contributed by atoms with Gasteiger partial charge in [0.15, 0.2) is 5.58 Å². The average molecular weight is 685 g/mol. The molecule has 8 aromatic carbocycles. The van der Waals surface area contributed by atoms with Crippen LogP contribution in [0.1, 0.15) is 0 Å². The highest BCUT2D eigenvalue weighted by Gasteiger charge is 2.22. The maximum absolute atomic E-state index is 6.63. The molecule has 0 aliphatic rings. The lowest BCUT2D eigenvalue weighted by Crippen LogP contribution is -2.10.